The highest BCUT2D eigenvalue weighted by Gasteiger charge is 1.96. The molecule has 1 N–H and O–H groups in total. The van der Waals surface area contributed by atoms with Crippen LogP contribution < -0.4 is 0 Å². The second-order valence-corrected chi connectivity index (χ2v) is 2.29. The molecule has 11 heavy (non-hydrogen) atoms. The molecule has 0 saturated heterocycles. The van der Waals surface area contributed by atoms with Gasteiger partial charge in [0.1, 0.15) is 6.29 Å². The molecule has 1 unspecified atom stereocenters. The van der Waals surface area contributed by atoms with Gasteiger partial charge in [-0.05, 0) is 12.5 Å². The van der Waals surface area contributed by atoms with Crippen LogP contribution in [0, 0.1) is 0 Å². The van der Waals surface area contributed by atoms with Crippen LogP contribution in [0.3, 0.4) is 0 Å². The summed E-state index contributed by atoms with van der Waals surface area (Å²) in [6.07, 6.45) is 0.604. The molecule has 0 aliphatic heterocycles. The van der Waals surface area contributed by atoms with Crippen LogP contribution in [0.15, 0.2) is 12.1 Å². The molecule has 0 aromatic rings. The Hall–Kier alpha value is -0.630. The molecule has 0 aliphatic carbocycles. The number of aldehydes is 1. The van der Waals surface area contributed by atoms with Crippen molar-refractivity contribution in [3.05, 3.63) is 12.1 Å². The maximum atomic E-state index is 10.2. The summed E-state index contributed by atoms with van der Waals surface area (Å²) >= 11 is 0. The van der Waals surface area contributed by atoms with Gasteiger partial charge < -0.3 is 5.11 Å². The molecule has 0 aliphatic rings. The molecule has 2 nitrogen and oxygen atoms in total. The van der Waals surface area contributed by atoms with Crippen LogP contribution in [-0.4, -0.2) is 17.5 Å². The smallest absolute Gasteiger partial charge is 0.142 e. The lowest BCUT2D eigenvalue weighted by molar-refractivity contribution is -0.104. The zero-order valence-corrected chi connectivity index (χ0v) is 6.76. The van der Waals surface area contributed by atoms with E-state index < -0.39 is 18.2 Å². The molecule has 0 aromatic carbocycles. The first-order valence-electron chi connectivity index (χ1n) is 5.31. The lowest BCUT2D eigenvalue weighted by Crippen LogP contribution is -2.01. The molecule has 0 fully saturated rings. The first-order chi connectivity index (χ1) is 6.45. The van der Waals surface area contributed by atoms with Crippen LogP contribution in [0.2, 0.25) is 0 Å². The van der Waals surface area contributed by atoms with Crippen molar-refractivity contribution < 1.29 is 14.0 Å². The van der Waals surface area contributed by atoms with Crippen molar-refractivity contribution in [1.82, 2.24) is 0 Å². The van der Waals surface area contributed by atoms with E-state index in [1.165, 1.54) is 0 Å². The number of aliphatic hydroxyl groups is 1. The molecule has 0 bridgehead atoms. The van der Waals surface area contributed by atoms with Gasteiger partial charge in [0.15, 0.2) is 0 Å². The van der Waals surface area contributed by atoms with Gasteiger partial charge in [-0.25, -0.2) is 0 Å². The standard InChI is InChI=1S/C9H16O2/c1-2-3-4-6-9(11)7-5-8-10/h5,7-9,11H,2-4,6H2,1H3/i5D,7D,9D. The number of carbonyl (C=O) groups excluding carboxylic acids is 1. The maximum Gasteiger partial charge on any atom is 0.142 e. The van der Waals surface area contributed by atoms with Gasteiger partial charge in [0.2, 0.25) is 0 Å². The van der Waals surface area contributed by atoms with Gasteiger partial charge in [0.05, 0.1) is 10.2 Å². The molecule has 1 atom stereocenters. The van der Waals surface area contributed by atoms with E-state index in [4.69, 9.17) is 4.11 Å². The Balaban J connectivity index is 4.37. The van der Waals surface area contributed by atoms with E-state index in [1.54, 1.807) is 0 Å². The van der Waals surface area contributed by atoms with Crippen molar-refractivity contribution in [3.63, 3.8) is 0 Å². The van der Waals surface area contributed by atoms with E-state index >= 15 is 0 Å². The quantitative estimate of drug-likeness (QED) is 0.364. The minimum absolute atomic E-state index is 0.0931. The molecule has 0 spiro atoms. The summed E-state index contributed by atoms with van der Waals surface area (Å²) in [4.78, 5) is 10.2. The van der Waals surface area contributed by atoms with Gasteiger partial charge in [-0.15, -0.1) is 0 Å². The van der Waals surface area contributed by atoms with E-state index in [1.807, 2.05) is 6.92 Å². The van der Waals surface area contributed by atoms with Crippen molar-refractivity contribution in [3.8, 4) is 0 Å². The molecule has 2 heteroatoms. The van der Waals surface area contributed by atoms with Crippen molar-refractivity contribution in [2.75, 3.05) is 0 Å². The van der Waals surface area contributed by atoms with Crippen LogP contribution in [0.5, 0.6) is 0 Å². The minimum atomic E-state index is -2.09. The van der Waals surface area contributed by atoms with Crippen molar-refractivity contribution in [2.24, 2.45) is 0 Å². The third kappa shape index (κ3) is 7.26. The molecule has 0 aromatic heterocycles. The third-order valence-corrected chi connectivity index (χ3v) is 1.29. The molecular formula is C9H16O2. The summed E-state index contributed by atoms with van der Waals surface area (Å²) < 4.78 is 21.6. The maximum absolute atomic E-state index is 10.2. The molecule has 64 valence electrons. The number of unbranched alkanes of at least 4 members (excludes halogenated alkanes) is 2. The lowest BCUT2D eigenvalue weighted by atomic mass is 10.1. The Morgan fingerprint density at radius 2 is 2.45 bits per heavy atom. The van der Waals surface area contributed by atoms with E-state index in [2.05, 4.69) is 0 Å². The number of carbonyl (C=O) groups is 1. The van der Waals surface area contributed by atoms with Crippen LogP contribution in [0.1, 0.15) is 36.7 Å². The van der Waals surface area contributed by atoms with E-state index in [9.17, 15) is 9.90 Å². The number of rotatable bonds is 6. The highest BCUT2D eigenvalue weighted by atomic mass is 16.3. The predicted octanol–water partition coefficient (Wildman–Crippen LogP) is 1.68. The molecular weight excluding hydrogens is 140 g/mol. The Kier molecular flexibility index (Phi) is 4.04. The van der Waals surface area contributed by atoms with Crippen molar-refractivity contribution in [2.45, 2.75) is 38.7 Å². The van der Waals surface area contributed by atoms with Crippen molar-refractivity contribution in [1.29, 1.82) is 0 Å². The van der Waals surface area contributed by atoms with Gasteiger partial charge >= 0.3 is 0 Å². The normalized spacial score (nSPS) is 22.2. The zero-order valence-electron chi connectivity index (χ0n) is 9.76. The predicted molar refractivity (Wildman–Crippen MR) is 45.4 cm³/mol. The molecule has 0 radical (unpaired) electrons. The summed E-state index contributed by atoms with van der Waals surface area (Å²) in [5, 5.41) is 9.45. The van der Waals surface area contributed by atoms with Gasteiger partial charge in [0, 0.05) is 0 Å². The van der Waals surface area contributed by atoms with Crippen LogP contribution in [0.25, 0.3) is 0 Å². The monoisotopic (exact) mass is 159 g/mol. The van der Waals surface area contributed by atoms with Crippen LogP contribution in [-0.2, 0) is 4.79 Å². The highest BCUT2D eigenvalue weighted by Crippen LogP contribution is 2.03. The Bertz CT molecular complexity index is 224. The summed E-state index contributed by atoms with van der Waals surface area (Å²) in [5.74, 6) is 0. The van der Waals surface area contributed by atoms with Crippen LogP contribution in [0.4, 0.5) is 0 Å². The van der Waals surface area contributed by atoms with Gasteiger partial charge in [0.25, 0.3) is 0 Å². The van der Waals surface area contributed by atoms with Gasteiger partial charge in [-0.2, -0.15) is 0 Å². The first kappa shape index (κ1) is 5.95. The fraction of sp³-hybridized carbons (Fsp3) is 0.667. The van der Waals surface area contributed by atoms with Crippen LogP contribution >= 0.6 is 0 Å². The molecule has 0 amide bonds. The largest absolute Gasteiger partial charge is 0.389 e. The number of hydrogen-bond acceptors (Lipinski definition) is 2. The number of allylic oxidation sites excluding steroid dienone is 1. The SMILES string of the molecule is [2H]C(C=O)=C([2H])C([2H])(O)CCCCC. The average Bonchev–Trinajstić information content (AvgIpc) is 2.15. The molecule has 0 saturated carbocycles. The summed E-state index contributed by atoms with van der Waals surface area (Å²) in [7, 11) is 0. The Morgan fingerprint density at radius 1 is 1.73 bits per heavy atom. The van der Waals surface area contributed by atoms with E-state index in [-0.39, 0.29) is 12.7 Å². The lowest BCUT2D eigenvalue weighted by Gasteiger charge is -2.02. The third-order valence-electron chi connectivity index (χ3n) is 1.29. The summed E-state index contributed by atoms with van der Waals surface area (Å²) in [6, 6.07) is -1.25. The summed E-state index contributed by atoms with van der Waals surface area (Å²) in [5.41, 5.74) is 0. The zero-order chi connectivity index (χ0) is 11.2. The minimum Gasteiger partial charge on any atom is -0.389 e. The Morgan fingerprint density at radius 3 is 3.00 bits per heavy atom. The Labute approximate surface area is 72.1 Å². The first-order valence-corrected chi connectivity index (χ1v) is 3.81. The molecule has 0 rings (SSSR count). The average molecular weight is 159 g/mol. The van der Waals surface area contributed by atoms with E-state index in [0.29, 0.717) is 6.42 Å². The molecule has 0 heterocycles. The fourth-order valence-electron chi connectivity index (χ4n) is 0.718. The van der Waals surface area contributed by atoms with E-state index in [0.717, 1.165) is 12.8 Å². The van der Waals surface area contributed by atoms with Gasteiger partial charge in [-0.1, -0.05) is 32.2 Å². The fourth-order valence-corrected chi connectivity index (χ4v) is 0.718. The topological polar surface area (TPSA) is 37.3 Å². The van der Waals surface area contributed by atoms with Gasteiger partial charge in [-0.3, -0.25) is 4.79 Å². The number of hydrogen-bond donors (Lipinski definition) is 1. The summed E-state index contributed by atoms with van der Waals surface area (Å²) in [6.45, 7) is 1.99. The van der Waals surface area contributed by atoms with Crippen molar-refractivity contribution >= 4 is 6.29 Å². The highest BCUT2D eigenvalue weighted by molar-refractivity contribution is 5.64. The second-order valence-electron chi connectivity index (χ2n) is 2.29. The second kappa shape index (κ2) is 7.48.